The number of ether oxygens (including phenoxy) is 1. The molecule has 1 aliphatic heterocycles. The number of hydrogen-bond donors (Lipinski definition) is 3. The molecule has 3 N–H and O–H groups in total. The fourth-order valence-corrected chi connectivity index (χ4v) is 3.18. The lowest BCUT2D eigenvalue weighted by molar-refractivity contribution is -0.150. The van der Waals surface area contributed by atoms with Gasteiger partial charge in [-0.15, -0.1) is 0 Å². The molecule has 21 heavy (non-hydrogen) atoms. The van der Waals surface area contributed by atoms with Gasteiger partial charge in [0.25, 0.3) is 0 Å². The number of nitrogens with one attached hydrogen (secondary N) is 2. The third kappa shape index (κ3) is 4.59. The number of carboxylic acid groups (broad SMARTS) is 1. The van der Waals surface area contributed by atoms with E-state index in [1.807, 2.05) is 0 Å². The van der Waals surface area contributed by atoms with Crippen LogP contribution in [0, 0.1) is 5.41 Å². The topological polar surface area (TPSA) is 87.7 Å². The molecule has 1 atom stereocenters. The first kappa shape index (κ1) is 16.1. The molecule has 120 valence electrons. The average Bonchev–Trinajstić information content (AvgIpc) is 2.52. The van der Waals surface area contributed by atoms with E-state index in [1.54, 1.807) is 0 Å². The molecule has 0 bridgehead atoms. The second-order valence-corrected chi connectivity index (χ2v) is 6.20. The van der Waals surface area contributed by atoms with Crippen LogP contribution in [0.15, 0.2) is 0 Å². The van der Waals surface area contributed by atoms with Crippen LogP contribution in [-0.4, -0.2) is 42.9 Å². The smallest absolute Gasteiger partial charge is 0.314 e. The van der Waals surface area contributed by atoms with Gasteiger partial charge in [-0.2, -0.15) is 0 Å². The van der Waals surface area contributed by atoms with E-state index in [4.69, 9.17) is 4.74 Å². The van der Waals surface area contributed by atoms with Gasteiger partial charge in [0.1, 0.15) is 0 Å². The summed E-state index contributed by atoms with van der Waals surface area (Å²) in [4.78, 5) is 23.3. The van der Waals surface area contributed by atoms with Gasteiger partial charge in [-0.05, 0) is 32.1 Å². The van der Waals surface area contributed by atoms with Crippen LogP contribution in [0.1, 0.15) is 51.4 Å². The monoisotopic (exact) mass is 298 g/mol. The molecule has 6 heteroatoms. The lowest BCUT2D eigenvalue weighted by Crippen LogP contribution is -2.48. The Morgan fingerprint density at radius 3 is 2.48 bits per heavy atom. The molecule has 1 saturated heterocycles. The van der Waals surface area contributed by atoms with Crippen LogP contribution < -0.4 is 10.6 Å². The molecule has 1 heterocycles. The highest BCUT2D eigenvalue weighted by molar-refractivity contribution is 5.78. The minimum atomic E-state index is -0.793. The highest BCUT2D eigenvalue weighted by Crippen LogP contribution is 2.35. The molecule has 0 aromatic heterocycles. The zero-order valence-corrected chi connectivity index (χ0v) is 12.5. The first-order valence-electron chi connectivity index (χ1n) is 7.99. The second-order valence-electron chi connectivity index (χ2n) is 6.20. The van der Waals surface area contributed by atoms with Crippen LogP contribution in [0.3, 0.4) is 0 Å². The maximum absolute atomic E-state index is 11.8. The van der Waals surface area contributed by atoms with Crippen LogP contribution in [0.5, 0.6) is 0 Å². The summed E-state index contributed by atoms with van der Waals surface area (Å²) in [5.74, 6) is -0.793. The van der Waals surface area contributed by atoms with E-state index in [1.165, 1.54) is 0 Å². The molecule has 1 unspecified atom stereocenters. The standard InChI is InChI=1S/C15H26N2O4/c18-13(19)15(7-3-1-4-8-15)11-17-14(20)16-10-12-6-2-5-9-21-12/h12H,1-11H2,(H,18,19)(H2,16,17,20). The van der Waals surface area contributed by atoms with Gasteiger partial charge in [-0.3, -0.25) is 4.79 Å². The summed E-state index contributed by atoms with van der Waals surface area (Å²) in [5, 5.41) is 15.0. The SMILES string of the molecule is O=C(NCC1CCCCO1)NCC1(C(=O)O)CCCCC1. The molecule has 0 aromatic carbocycles. The molecule has 2 rings (SSSR count). The fourth-order valence-electron chi connectivity index (χ4n) is 3.18. The highest BCUT2D eigenvalue weighted by atomic mass is 16.5. The van der Waals surface area contributed by atoms with Gasteiger partial charge in [0.05, 0.1) is 11.5 Å². The maximum Gasteiger partial charge on any atom is 0.314 e. The predicted molar refractivity (Wildman–Crippen MR) is 78.1 cm³/mol. The Bertz CT molecular complexity index is 361. The molecule has 2 fully saturated rings. The molecule has 6 nitrogen and oxygen atoms in total. The van der Waals surface area contributed by atoms with Crippen molar-refractivity contribution in [2.75, 3.05) is 19.7 Å². The minimum absolute atomic E-state index is 0.0904. The van der Waals surface area contributed by atoms with Crippen LogP contribution >= 0.6 is 0 Å². The number of carbonyl (C=O) groups is 2. The quantitative estimate of drug-likeness (QED) is 0.723. The van der Waals surface area contributed by atoms with E-state index in [0.717, 1.165) is 45.1 Å². The van der Waals surface area contributed by atoms with E-state index in [-0.39, 0.29) is 18.7 Å². The van der Waals surface area contributed by atoms with Crippen molar-refractivity contribution in [2.45, 2.75) is 57.5 Å². The molecule has 0 spiro atoms. The van der Waals surface area contributed by atoms with Gasteiger partial charge in [0, 0.05) is 19.7 Å². The Balaban J connectivity index is 1.72. The molecule has 1 aliphatic carbocycles. The largest absolute Gasteiger partial charge is 0.481 e. The minimum Gasteiger partial charge on any atom is -0.481 e. The third-order valence-corrected chi connectivity index (χ3v) is 4.62. The fraction of sp³-hybridized carbons (Fsp3) is 0.867. The van der Waals surface area contributed by atoms with Gasteiger partial charge in [0.15, 0.2) is 0 Å². The summed E-state index contributed by atoms with van der Waals surface area (Å²) >= 11 is 0. The molecule has 2 aliphatic rings. The number of aliphatic carboxylic acids is 1. The van der Waals surface area contributed by atoms with Crippen LogP contribution in [0.4, 0.5) is 4.79 Å². The van der Waals surface area contributed by atoms with Crippen LogP contribution in [0.2, 0.25) is 0 Å². The van der Waals surface area contributed by atoms with E-state index in [9.17, 15) is 14.7 Å². The van der Waals surface area contributed by atoms with Crippen LogP contribution in [-0.2, 0) is 9.53 Å². The summed E-state index contributed by atoms with van der Waals surface area (Å²) in [7, 11) is 0. The van der Waals surface area contributed by atoms with E-state index in [0.29, 0.717) is 19.4 Å². The number of carbonyl (C=O) groups excluding carboxylic acids is 1. The molecule has 1 saturated carbocycles. The predicted octanol–water partition coefficient (Wildman–Crippen LogP) is 1.89. The Morgan fingerprint density at radius 1 is 1.10 bits per heavy atom. The zero-order valence-electron chi connectivity index (χ0n) is 12.5. The van der Waals surface area contributed by atoms with Crippen molar-refractivity contribution in [3.63, 3.8) is 0 Å². The van der Waals surface area contributed by atoms with E-state index < -0.39 is 11.4 Å². The summed E-state index contributed by atoms with van der Waals surface area (Å²) < 4.78 is 5.54. The van der Waals surface area contributed by atoms with Gasteiger partial charge >= 0.3 is 12.0 Å². The molecular formula is C15H26N2O4. The summed E-state index contributed by atoms with van der Waals surface area (Å²) in [6.45, 7) is 1.46. The van der Waals surface area contributed by atoms with E-state index in [2.05, 4.69) is 10.6 Å². The number of rotatable bonds is 5. The molecular weight excluding hydrogens is 272 g/mol. The number of urea groups is 1. The summed E-state index contributed by atoms with van der Waals surface area (Å²) in [5.41, 5.74) is -0.781. The molecule has 0 aromatic rings. The Morgan fingerprint density at radius 2 is 1.86 bits per heavy atom. The van der Waals surface area contributed by atoms with Crippen molar-refractivity contribution in [2.24, 2.45) is 5.41 Å². The Kier molecular flexibility index (Phi) is 5.85. The Labute approximate surface area is 125 Å². The lowest BCUT2D eigenvalue weighted by Gasteiger charge is -2.33. The molecule has 2 amide bonds. The van der Waals surface area contributed by atoms with Crippen molar-refractivity contribution >= 4 is 12.0 Å². The summed E-state index contributed by atoms with van der Waals surface area (Å²) in [6, 6.07) is -0.296. The zero-order chi connectivity index (χ0) is 15.1. The van der Waals surface area contributed by atoms with Crippen molar-refractivity contribution < 1.29 is 19.4 Å². The highest BCUT2D eigenvalue weighted by Gasteiger charge is 2.39. The third-order valence-electron chi connectivity index (χ3n) is 4.62. The first-order chi connectivity index (χ1) is 10.1. The van der Waals surface area contributed by atoms with Crippen molar-refractivity contribution in [1.29, 1.82) is 0 Å². The van der Waals surface area contributed by atoms with Gasteiger partial charge in [0.2, 0.25) is 0 Å². The van der Waals surface area contributed by atoms with Crippen molar-refractivity contribution in [3.8, 4) is 0 Å². The van der Waals surface area contributed by atoms with Gasteiger partial charge in [-0.1, -0.05) is 19.3 Å². The van der Waals surface area contributed by atoms with Crippen molar-refractivity contribution in [1.82, 2.24) is 10.6 Å². The van der Waals surface area contributed by atoms with Crippen molar-refractivity contribution in [3.05, 3.63) is 0 Å². The second kappa shape index (κ2) is 7.64. The number of amides is 2. The van der Waals surface area contributed by atoms with Gasteiger partial charge < -0.3 is 20.5 Å². The number of carboxylic acids is 1. The lowest BCUT2D eigenvalue weighted by atomic mass is 9.74. The maximum atomic E-state index is 11.8. The first-order valence-corrected chi connectivity index (χ1v) is 7.99. The van der Waals surface area contributed by atoms with Gasteiger partial charge in [-0.25, -0.2) is 4.79 Å². The Hall–Kier alpha value is -1.30. The number of hydrogen-bond acceptors (Lipinski definition) is 3. The average molecular weight is 298 g/mol. The van der Waals surface area contributed by atoms with E-state index >= 15 is 0 Å². The normalized spacial score (nSPS) is 25.0. The van der Waals surface area contributed by atoms with Crippen LogP contribution in [0.25, 0.3) is 0 Å². The summed E-state index contributed by atoms with van der Waals surface area (Å²) in [6.07, 6.45) is 7.51. The molecule has 0 radical (unpaired) electrons.